The lowest BCUT2D eigenvalue weighted by molar-refractivity contribution is -0.0245. The number of morpholine rings is 1. The van der Waals surface area contributed by atoms with E-state index in [1.54, 1.807) is 24.3 Å². The summed E-state index contributed by atoms with van der Waals surface area (Å²) in [6.07, 6.45) is 2.79. The minimum atomic E-state index is -0.550. The molecule has 126 valence electrons. The molecule has 2 aromatic rings. The molecule has 1 aromatic carbocycles. The largest absolute Gasteiger partial charge is 0.372 e. The SMILES string of the molecule is CNc1nccnc1[C@@H]1CN(C(=O)c2ccc(F)c(Cl)c2)CCO1. The van der Waals surface area contributed by atoms with Crippen molar-refractivity contribution in [3.63, 3.8) is 0 Å². The quantitative estimate of drug-likeness (QED) is 0.921. The van der Waals surface area contributed by atoms with Gasteiger partial charge in [-0.2, -0.15) is 0 Å². The molecule has 24 heavy (non-hydrogen) atoms. The molecule has 1 fully saturated rings. The normalized spacial score (nSPS) is 17.6. The maximum atomic E-state index is 13.3. The molecule has 1 N–H and O–H groups in total. The summed E-state index contributed by atoms with van der Waals surface area (Å²) >= 11 is 5.76. The second kappa shape index (κ2) is 7.11. The number of hydrogen-bond acceptors (Lipinski definition) is 5. The molecule has 2 heterocycles. The number of rotatable bonds is 3. The van der Waals surface area contributed by atoms with E-state index in [1.165, 1.54) is 18.2 Å². The molecule has 0 spiro atoms. The van der Waals surface area contributed by atoms with Gasteiger partial charge >= 0.3 is 0 Å². The summed E-state index contributed by atoms with van der Waals surface area (Å²) in [5.74, 6) is -0.159. The Labute approximate surface area is 143 Å². The molecule has 0 radical (unpaired) electrons. The van der Waals surface area contributed by atoms with Crippen molar-refractivity contribution in [2.24, 2.45) is 0 Å². The van der Waals surface area contributed by atoms with Crippen molar-refractivity contribution >= 4 is 23.3 Å². The van der Waals surface area contributed by atoms with Crippen LogP contribution in [0.25, 0.3) is 0 Å². The number of benzene rings is 1. The Hall–Kier alpha value is -2.25. The molecule has 1 aliphatic heterocycles. The molecule has 0 saturated carbocycles. The molecule has 3 rings (SSSR count). The summed E-state index contributed by atoms with van der Waals surface area (Å²) in [4.78, 5) is 22.8. The molecule has 8 heteroatoms. The summed E-state index contributed by atoms with van der Waals surface area (Å²) in [6, 6.07) is 3.95. The van der Waals surface area contributed by atoms with E-state index >= 15 is 0 Å². The number of carbonyl (C=O) groups is 1. The third kappa shape index (κ3) is 3.32. The number of nitrogens with one attached hydrogen (secondary N) is 1. The first-order valence-corrected chi connectivity index (χ1v) is 7.82. The van der Waals surface area contributed by atoms with Gasteiger partial charge in [-0.1, -0.05) is 11.6 Å². The second-order valence-corrected chi connectivity index (χ2v) is 5.69. The number of aromatic nitrogens is 2. The van der Waals surface area contributed by atoms with Crippen molar-refractivity contribution in [1.29, 1.82) is 0 Å². The van der Waals surface area contributed by atoms with Crippen LogP contribution in [0.15, 0.2) is 30.6 Å². The van der Waals surface area contributed by atoms with E-state index in [4.69, 9.17) is 16.3 Å². The fourth-order valence-electron chi connectivity index (χ4n) is 2.59. The van der Waals surface area contributed by atoms with E-state index in [1.807, 2.05) is 0 Å². The van der Waals surface area contributed by atoms with Crippen LogP contribution >= 0.6 is 11.6 Å². The van der Waals surface area contributed by atoms with E-state index in [2.05, 4.69) is 15.3 Å². The van der Waals surface area contributed by atoms with Crippen molar-refractivity contribution in [3.05, 3.63) is 52.7 Å². The Morgan fingerprint density at radius 1 is 1.42 bits per heavy atom. The average molecular weight is 351 g/mol. The number of anilines is 1. The van der Waals surface area contributed by atoms with E-state index in [-0.39, 0.29) is 17.0 Å². The maximum Gasteiger partial charge on any atom is 0.254 e. The van der Waals surface area contributed by atoms with Gasteiger partial charge in [0.05, 0.1) is 18.2 Å². The molecule has 1 atom stereocenters. The van der Waals surface area contributed by atoms with E-state index < -0.39 is 5.82 Å². The van der Waals surface area contributed by atoms with Crippen molar-refractivity contribution in [3.8, 4) is 0 Å². The summed E-state index contributed by atoms with van der Waals surface area (Å²) in [5, 5.41) is 2.89. The topological polar surface area (TPSA) is 67.4 Å². The fourth-order valence-corrected chi connectivity index (χ4v) is 2.77. The van der Waals surface area contributed by atoms with Crippen LogP contribution in [0.4, 0.5) is 10.2 Å². The van der Waals surface area contributed by atoms with Crippen molar-refractivity contribution in [1.82, 2.24) is 14.9 Å². The van der Waals surface area contributed by atoms with Gasteiger partial charge in [0.2, 0.25) is 0 Å². The molecular formula is C16H16ClFN4O2. The first-order valence-electron chi connectivity index (χ1n) is 7.44. The Kier molecular flexibility index (Phi) is 4.92. The predicted octanol–water partition coefficient (Wildman–Crippen LogP) is 2.52. The first-order chi connectivity index (χ1) is 11.6. The molecule has 1 amide bonds. The fraction of sp³-hybridized carbons (Fsp3) is 0.312. The third-order valence-corrected chi connectivity index (χ3v) is 4.08. The van der Waals surface area contributed by atoms with Gasteiger partial charge in [-0.05, 0) is 18.2 Å². The molecular weight excluding hydrogens is 335 g/mol. The number of hydrogen-bond donors (Lipinski definition) is 1. The van der Waals surface area contributed by atoms with E-state index in [0.29, 0.717) is 36.8 Å². The number of amides is 1. The highest BCUT2D eigenvalue weighted by Gasteiger charge is 2.29. The van der Waals surface area contributed by atoms with Crippen LogP contribution in [0.3, 0.4) is 0 Å². The number of nitrogens with zero attached hydrogens (tertiary/aromatic N) is 3. The molecule has 0 unspecified atom stereocenters. The van der Waals surface area contributed by atoms with E-state index in [9.17, 15) is 9.18 Å². The van der Waals surface area contributed by atoms with Crippen molar-refractivity contribution in [2.75, 3.05) is 32.1 Å². The standard InChI is InChI=1S/C16H16ClFN4O2/c1-19-15-14(20-4-5-21-15)13-9-22(6-7-24-13)16(23)10-2-3-12(18)11(17)8-10/h2-5,8,13H,6-7,9H2,1H3,(H,19,21)/t13-/m0/s1. The summed E-state index contributed by atoms with van der Waals surface area (Å²) < 4.78 is 19.0. The Morgan fingerprint density at radius 3 is 2.96 bits per heavy atom. The highest BCUT2D eigenvalue weighted by Crippen LogP contribution is 2.26. The highest BCUT2D eigenvalue weighted by atomic mass is 35.5. The Morgan fingerprint density at radius 2 is 2.21 bits per heavy atom. The van der Waals surface area contributed by atoms with Gasteiger partial charge in [0, 0.05) is 31.5 Å². The van der Waals surface area contributed by atoms with Gasteiger partial charge in [-0.25, -0.2) is 9.37 Å². The molecule has 1 saturated heterocycles. The lowest BCUT2D eigenvalue weighted by atomic mass is 10.1. The number of halogens is 2. The summed E-state index contributed by atoms with van der Waals surface area (Å²) in [7, 11) is 1.75. The number of carbonyl (C=O) groups excluding carboxylic acids is 1. The smallest absolute Gasteiger partial charge is 0.254 e. The Bertz CT molecular complexity index is 759. The lowest BCUT2D eigenvalue weighted by Crippen LogP contribution is -2.42. The van der Waals surface area contributed by atoms with Gasteiger partial charge in [0.1, 0.15) is 23.4 Å². The average Bonchev–Trinajstić information content (AvgIpc) is 2.63. The summed E-state index contributed by atoms with van der Waals surface area (Å²) in [5.41, 5.74) is 0.990. The second-order valence-electron chi connectivity index (χ2n) is 5.28. The van der Waals surface area contributed by atoms with Gasteiger partial charge in [-0.3, -0.25) is 9.78 Å². The van der Waals surface area contributed by atoms with Gasteiger partial charge in [0.25, 0.3) is 5.91 Å². The lowest BCUT2D eigenvalue weighted by Gasteiger charge is -2.33. The third-order valence-electron chi connectivity index (χ3n) is 3.79. The summed E-state index contributed by atoms with van der Waals surface area (Å²) in [6.45, 7) is 1.16. The van der Waals surface area contributed by atoms with Crippen molar-refractivity contribution < 1.29 is 13.9 Å². The van der Waals surface area contributed by atoms with Crippen LogP contribution in [0.1, 0.15) is 22.2 Å². The van der Waals surface area contributed by atoms with Crippen LogP contribution in [0, 0.1) is 5.82 Å². The highest BCUT2D eigenvalue weighted by molar-refractivity contribution is 6.31. The van der Waals surface area contributed by atoms with Gasteiger partial charge in [0.15, 0.2) is 0 Å². The van der Waals surface area contributed by atoms with Crippen LogP contribution < -0.4 is 5.32 Å². The Balaban J connectivity index is 1.80. The van der Waals surface area contributed by atoms with Crippen LogP contribution in [-0.4, -0.2) is 47.5 Å². The van der Waals surface area contributed by atoms with Gasteiger partial charge < -0.3 is 15.0 Å². The maximum absolute atomic E-state index is 13.3. The van der Waals surface area contributed by atoms with Crippen LogP contribution in [-0.2, 0) is 4.74 Å². The molecule has 1 aliphatic rings. The number of ether oxygens (including phenoxy) is 1. The predicted molar refractivity (Wildman–Crippen MR) is 87.6 cm³/mol. The van der Waals surface area contributed by atoms with E-state index in [0.717, 1.165) is 0 Å². The van der Waals surface area contributed by atoms with Crippen molar-refractivity contribution in [2.45, 2.75) is 6.10 Å². The molecule has 0 bridgehead atoms. The molecule has 1 aromatic heterocycles. The zero-order valence-electron chi connectivity index (χ0n) is 13.0. The molecule has 6 nitrogen and oxygen atoms in total. The minimum Gasteiger partial charge on any atom is -0.372 e. The zero-order chi connectivity index (χ0) is 17.1. The minimum absolute atomic E-state index is 0.0722. The first kappa shape index (κ1) is 16.6. The zero-order valence-corrected chi connectivity index (χ0v) is 13.8. The van der Waals surface area contributed by atoms with Gasteiger partial charge in [-0.15, -0.1) is 0 Å². The van der Waals surface area contributed by atoms with Crippen LogP contribution in [0.2, 0.25) is 5.02 Å². The van der Waals surface area contributed by atoms with Crippen LogP contribution in [0.5, 0.6) is 0 Å². The monoisotopic (exact) mass is 350 g/mol. The molecule has 0 aliphatic carbocycles.